The largest absolute Gasteiger partial charge is 0.508 e. The van der Waals surface area contributed by atoms with Crippen LogP contribution in [-0.4, -0.2) is 23.7 Å². The van der Waals surface area contributed by atoms with Gasteiger partial charge >= 0.3 is 5.97 Å². The molecule has 19 heavy (non-hydrogen) atoms. The molecule has 0 saturated carbocycles. The van der Waals surface area contributed by atoms with Crippen LogP contribution in [0.15, 0.2) is 24.3 Å². The molecule has 1 rings (SSSR count). The van der Waals surface area contributed by atoms with Crippen LogP contribution >= 0.6 is 0 Å². The van der Waals surface area contributed by atoms with Crippen molar-refractivity contribution in [2.75, 3.05) is 6.61 Å². The zero-order valence-corrected chi connectivity index (χ0v) is 12.1. The minimum absolute atomic E-state index is 0.138. The Labute approximate surface area is 114 Å². The fourth-order valence-electron chi connectivity index (χ4n) is 1.95. The molecule has 0 fully saturated rings. The van der Waals surface area contributed by atoms with Crippen molar-refractivity contribution in [1.82, 2.24) is 5.32 Å². The Morgan fingerprint density at radius 3 is 2.68 bits per heavy atom. The highest BCUT2D eigenvalue weighted by Gasteiger charge is 2.37. The molecule has 0 radical (unpaired) electrons. The predicted molar refractivity (Wildman–Crippen MR) is 75.0 cm³/mol. The first-order valence-corrected chi connectivity index (χ1v) is 6.68. The van der Waals surface area contributed by atoms with Gasteiger partial charge in [-0.05, 0) is 44.9 Å². The number of aromatic hydroxyl groups is 1. The normalized spacial score (nSPS) is 15.6. The Bertz CT molecular complexity index is 433. The molecule has 0 bridgehead atoms. The van der Waals surface area contributed by atoms with Gasteiger partial charge in [0.1, 0.15) is 11.3 Å². The van der Waals surface area contributed by atoms with Crippen LogP contribution in [0.4, 0.5) is 0 Å². The second-order valence-electron chi connectivity index (χ2n) is 4.85. The van der Waals surface area contributed by atoms with Crippen molar-refractivity contribution < 1.29 is 14.6 Å². The molecule has 0 spiro atoms. The summed E-state index contributed by atoms with van der Waals surface area (Å²) in [5, 5.41) is 12.9. The molecule has 0 aliphatic rings. The van der Waals surface area contributed by atoms with Crippen molar-refractivity contribution in [2.24, 2.45) is 0 Å². The highest BCUT2D eigenvalue weighted by Crippen LogP contribution is 2.26. The molecule has 106 valence electrons. The summed E-state index contributed by atoms with van der Waals surface area (Å²) >= 11 is 0. The maximum atomic E-state index is 12.3. The molecule has 1 aromatic carbocycles. The highest BCUT2D eigenvalue weighted by molar-refractivity contribution is 5.82. The van der Waals surface area contributed by atoms with Crippen LogP contribution in [0.3, 0.4) is 0 Å². The number of carbonyl (C=O) groups excluding carboxylic acids is 1. The zero-order chi connectivity index (χ0) is 14.5. The van der Waals surface area contributed by atoms with E-state index in [4.69, 9.17) is 4.74 Å². The highest BCUT2D eigenvalue weighted by atomic mass is 16.5. The third-order valence-electron chi connectivity index (χ3n) is 3.25. The average Bonchev–Trinajstić information content (AvgIpc) is 2.38. The molecule has 2 unspecified atom stereocenters. The second-order valence-corrected chi connectivity index (χ2v) is 4.85. The van der Waals surface area contributed by atoms with Crippen LogP contribution in [0.1, 0.15) is 39.7 Å². The van der Waals surface area contributed by atoms with Gasteiger partial charge in [-0.1, -0.05) is 19.1 Å². The van der Waals surface area contributed by atoms with E-state index in [1.807, 2.05) is 19.9 Å². The Balaban J connectivity index is 3.14. The van der Waals surface area contributed by atoms with E-state index < -0.39 is 5.54 Å². The van der Waals surface area contributed by atoms with Crippen molar-refractivity contribution in [3.05, 3.63) is 29.8 Å². The maximum Gasteiger partial charge on any atom is 0.330 e. The number of nitrogens with one attached hydrogen (secondary N) is 1. The number of ether oxygens (including phenoxy) is 1. The van der Waals surface area contributed by atoms with E-state index >= 15 is 0 Å². The van der Waals surface area contributed by atoms with Crippen molar-refractivity contribution in [2.45, 2.75) is 45.7 Å². The lowest BCUT2D eigenvalue weighted by atomic mass is 9.90. The van der Waals surface area contributed by atoms with E-state index in [2.05, 4.69) is 5.32 Å². The summed E-state index contributed by atoms with van der Waals surface area (Å²) < 4.78 is 5.16. The summed E-state index contributed by atoms with van der Waals surface area (Å²) in [6, 6.07) is 6.87. The number of esters is 1. The number of benzene rings is 1. The van der Waals surface area contributed by atoms with Crippen LogP contribution in [0.2, 0.25) is 0 Å². The smallest absolute Gasteiger partial charge is 0.330 e. The van der Waals surface area contributed by atoms with E-state index in [1.54, 1.807) is 32.0 Å². The van der Waals surface area contributed by atoms with E-state index in [0.717, 1.165) is 6.42 Å². The Kier molecular flexibility index (Phi) is 5.36. The molecule has 0 amide bonds. The first-order valence-electron chi connectivity index (χ1n) is 6.68. The Morgan fingerprint density at radius 1 is 1.47 bits per heavy atom. The molecule has 1 aromatic rings. The van der Waals surface area contributed by atoms with Gasteiger partial charge < -0.3 is 9.84 Å². The first-order chi connectivity index (χ1) is 8.93. The SMILES string of the molecule is CCOC(=O)C(C)(NC(C)CC)c1cccc(O)c1. The molecule has 4 heteroatoms. The van der Waals surface area contributed by atoms with E-state index in [0.29, 0.717) is 12.2 Å². The molecular weight excluding hydrogens is 242 g/mol. The molecule has 4 nitrogen and oxygen atoms in total. The molecule has 0 saturated heterocycles. The fraction of sp³-hybridized carbons (Fsp3) is 0.533. The molecule has 0 aromatic heterocycles. The summed E-state index contributed by atoms with van der Waals surface area (Å²) in [6.07, 6.45) is 0.897. The molecule has 0 aliphatic carbocycles. The quantitative estimate of drug-likeness (QED) is 0.776. The zero-order valence-electron chi connectivity index (χ0n) is 12.1. The lowest BCUT2D eigenvalue weighted by Gasteiger charge is -2.32. The molecular formula is C15H23NO3. The first kappa shape index (κ1) is 15.5. The van der Waals surface area contributed by atoms with Crippen LogP contribution in [0.5, 0.6) is 5.75 Å². The van der Waals surface area contributed by atoms with E-state index in [1.165, 1.54) is 0 Å². The molecule has 0 heterocycles. The fourth-order valence-corrected chi connectivity index (χ4v) is 1.95. The monoisotopic (exact) mass is 265 g/mol. The number of hydrogen-bond acceptors (Lipinski definition) is 4. The third kappa shape index (κ3) is 3.70. The van der Waals surface area contributed by atoms with E-state index in [-0.39, 0.29) is 17.8 Å². The van der Waals surface area contributed by atoms with Gasteiger partial charge in [0.05, 0.1) is 6.61 Å². The van der Waals surface area contributed by atoms with Crippen LogP contribution < -0.4 is 5.32 Å². The van der Waals surface area contributed by atoms with Gasteiger partial charge in [0.15, 0.2) is 0 Å². The van der Waals surface area contributed by atoms with Gasteiger partial charge in [-0.25, -0.2) is 4.79 Å². The van der Waals surface area contributed by atoms with E-state index in [9.17, 15) is 9.90 Å². The van der Waals surface area contributed by atoms with Gasteiger partial charge in [0.25, 0.3) is 0 Å². The van der Waals surface area contributed by atoms with Crippen LogP contribution in [-0.2, 0) is 15.1 Å². The lowest BCUT2D eigenvalue weighted by Crippen LogP contribution is -2.51. The number of hydrogen-bond donors (Lipinski definition) is 2. The summed E-state index contributed by atoms with van der Waals surface area (Å²) in [5.74, 6) is -0.195. The summed E-state index contributed by atoms with van der Waals surface area (Å²) in [5.41, 5.74) is -0.254. The van der Waals surface area contributed by atoms with Gasteiger partial charge in [-0.2, -0.15) is 0 Å². The van der Waals surface area contributed by atoms with Gasteiger partial charge in [0.2, 0.25) is 0 Å². The predicted octanol–water partition coefficient (Wildman–Crippen LogP) is 2.56. The number of carbonyl (C=O) groups is 1. The summed E-state index contributed by atoms with van der Waals surface area (Å²) in [6.45, 7) is 7.96. The number of phenolic OH excluding ortho intramolecular Hbond substituents is 1. The van der Waals surface area contributed by atoms with Gasteiger partial charge in [-0.15, -0.1) is 0 Å². The third-order valence-corrected chi connectivity index (χ3v) is 3.25. The van der Waals surface area contributed by atoms with Crippen molar-refractivity contribution in [3.8, 4) is 5.75 Å². The summed E-state index contributed by atoms with van der Waals surface area (Å²) in [4.78, 5) is 12.3. The van der Waals surface area contributed by atoms with Gasteiger partial charge in [0, 0.05) is 6.04 Å². The molecule has 0 aliphatic heterocycles. The lowest BCUT2D eigenvalue weighted by molar-refractivity contribution is -0.151. The van der Waals surface area contributed by atoms with Crippen LogP contribution in [0, 0.1) is 0 Å². The van der Waals surface area contributed by atoms with Gasteiger partial charge in [-0.3, -0.25) is 5.32 Å². The Morgan fingerprint density at radius 2 is 2.16 bits per heavy atom. The summed E-state index contributed by atoms with van der Waals surface area (Å²) in [7, 11) is 0. The van der Waals surface area contributed by atoms with Crippen LogP contribution in [0.25, 0.3) is 0 Å². The molecule has 2 atom stereocenters. The van der Waals surface area contributed by atoms with Crippen molar-refractivity contribution >= 4 is 5.97 Å². The minimum Gasteiger partial charge on any atom is -0.508 e. The minimum atomic E-state index is -0.954. The maximum absolute atomic E-state index is 12.3. The average molecular weight is 265 g/mol. The van der Waals surface area contributed by atoms with Crippen molar-refractivity contribution in [3.63, 3.8) is 0 Å². The number of phenols is 1. The Hall–Kier alpha value is -1.55. The second kappa shape index (κ2) is 6.57. The topological polar surface area (TPSA) is 58.6 Å². The van der Waals surface area contributed by atoms with Crippen molar-refractivity contribution in [1.29, 1.82) is 0 Å². The molecule has 2 N–H and O–H groups in total. The standard InChI is InChI=1S/C15H23NO3/c1-5-11(3)16-15(4,14(18)19-6-2)12-8-7-9-13(17)10-12/h7-11,16-17H,5-6H2,1-4H3. The number of rotatable bonds is 6.